The van der Waals surface area contributed by atoms with Crippen LogP contribution in [0.4, 0.5) is 5.69 Å². The highest BCUT2D eigenvalue weighted by Gasteiger charge is 2.20. The predicted octanol–water partition coefficient (Wildman–Crippen LogP) is 2.53. The van der Waals surface area contributed by atoms with Crippen molar-refractivity contribution in [2.24, 2.45) is 0 Å². The van der Waals surface area contributed by atoms with E-state index in [-0.39, 0.29) is 11.9 Å². The van der Waals surface area contributed by atoms with Gasteiger partial charge in [-0.2, -0.15) is 0 Å². The number of piperidine rings is 1. The van der Waals surface area contributed by atoms with Crippen LogP contribution in [0.3, 0.4) is 0 Å². The lowest BCUT2D eigenvalue weighted by Gasteiger charge is -2.22. The van der Waals surface area contributed by atoms with Gasteiger partial charge in [0.05, 0.1) is 11.7 Å². The van der Waals surface area contributed by atoms with E-state index in [4.69, 9.17) is 0 Å². The Bertz CT molecular complexity index is 375. The number of hydrogen-bond donors (Lipinski definition) is 2. The van der Waals surface area contributed by atoms with Crippen LogP contribution in [0.15, 0.2) is 28.7 Å². The van der Waals surface area contributed by atoms with Gasteiger partial charge in [-0.15, -0.1) is 0 Å². The molecule has 1 aliphatic heterocycles. The molecule has 86 valence electrons. The summed E-state index contributed by atoms with van der Waals surface area (Å²) >= 11 is 3.41. The molecule has 1 heterocycles. The lowest BCUT2D eigenvalue weighted by Crippen LogP contribution is -2.43. The average Bonchev–Trinajstić information content (AvgIpc) is 2.33. The number of nitrogens with one attached hydrogen (secondary N) is 2. The molecule has 1 saturated heterocycles. The zero-order valence-corrected chi connectivity index (χ0v) is 10.6. The summed E-state index contributed by atoms with van der Waals surface area (Å²) in [5.74, 6) is 0.0617. The van der Waals surface area contributed by atoms with Gasteiger partial charge in [0.15, 0.2) is 0 Å². The Kier molecular flexibility index (Phi) is 3.96. The van der Waals surface area contributed by atoms with Crippen molar-refractivity contribution in [1.29, 1.82) is 0 Å². The number of para-hydroxylation sites is 1. The Morgan fingerprint density at radius 3 is 2.88 bits per heavy atom. The first-order valence-corrected chi connectivity index (χ1v) is 6.35. The van der Waals surface area contributed by atoms with Gasteiger partial charge in [-0.25, -0.2) is 0 Å². The first-order valence-electron chi connectivity index (χ1n) is 5.56. The Balaban J connectivity index is 1.99. The second-order valence-electron chi connectivity index (χ2n) is 3.97. The standard InChI is InChI=1S/C12H15BrN2O/c13-9-5-1-2-6-10(9)15-12(16)11-7-3-4-8-14-11/h1-2,5-6,11,14H,3-4,7-8H2,(H,15,16)/t11-/m0/s1. The lowest BCUT2D eigenvalue weighted by atomic mass is 10.0. The maximum absolute atomic E-state index is 11.9. The highest BCUT2D eigenvalue weighted by Crippen LogP contribution is 2.21. The summed E-state index contributed by atoms with van der Waals surface area (Å²) in [5.41, 5.74) is 0.833. The van der Waals surface area contributed by atoms with Crippen LogP contribution in [-0.2, 0) is 4.79 Å². The summed E-state index contributed by atoms with van der Waals surface area (Å²) in [7, 11) is 0. The molecule has 0 radical (unpaired) electrons. The molecule has 1 aromatic rings. The zero-order chi connectivity index (χ0) is 11.4. The molecule has 1 amide bonds. The SMILES string of the molecule is O=C(Nc1ccccc1Br)[C@@H]1CCCCN1. The minimum Gasteiger partial charge on any atom is -0.324 e. The summed E-state index contributed by atoms with van der Waals surface area (Å²) in [6.07, 6.45) is 3.22. The molecular weight excluding hydrogens is 268 g/mol. The molecule has 1 aromatic carbocycles. The number of anilines is 1. The molecule has 0 unspecified atom stereocenters. The molecule has 0 aromatic heterocycles. The molecule has 2 N–H and O–H groups in total. The molecule has 1 atom stereocenters. The van der Waals surface area contributed by atoms with Crippen molar-refractivity contribution in [2.75, 3.05) is 11.9 Å². The normalized spacial score (nSPS) is 20.4. The van der Waals surface area contributed by atoms with Gasteiger partial charge in [-0.3, -0.25) is 4.79 Å². The van der Waals surface area contributed by atoms with E-state index < -0.39 is 0 Å². The van der Waals surface area contributed by atoms with Crippen molar-refractivity contribution >= 4 is 27.5 Å². The smallest absolute Gasteiger partial charge is 0.241 e. The van der Waals surface area contributed by atoms with Crippen LogP contribution < -0.4 is 10.6 Å². The highest BCUT2D eigenvalue weighted by atomic mass is 79.9. The van der Waals surface area contributed by atoms with E-state index in [9.17, 15) is 4.79 Å². The summed E-state index contributed by atoms with van der Waals surface area (Å²) in [6.45, 7) is 0.939. The van der Waals surface area contributed by atoms with Gasteiger partial charge in [0.1, 0.15) is 0 Å². The van der Waals surface area contributed by atoms with E-state index >= 15 is 0 Å². The second-order valence-corrected chi connectivity index (χ2v) is 4.83. The molecule has 0 spiro atoms. The van der Waals surface area contributed by atoms with E-state index in [1.807, 2.05) is 24.3 Å². The molecule has 1 aliphatic rings. The Hall–Kier alpha value is -0.870. The minimum absolute atomic E-state index is 0.0409. The number of benzene rings is 1. The molecule has 0 aliphatic carbocycles. The number of carbonyl (C=O) groups is 1. The fraction of sp³-hybridized carbons (Fsp3) is 0.417. The van der Waals surface area contributed by atoms with Crippen molar-refractivity contribution in [2.45, 2.75) is 25.3 Å². The molecule has 0 saturated carbocycles. The number of hydrogen-bond acceptors (Lipinski definition) is 2. The highest BCUT2D eigenvalue weighted by molar-refractivity contribution is 9.10. The number of halogens is 1. The summed E-state index contributed by atoms with van der Waals surface area (Å²) < 4.78 is 0.916. The number of amides is 1. The van der Waals surface area contributed by atoms with Gasteiger partial charge in [0, 0.05) is 4.47 Å². The van der Waals surface area contributed by atoms with Crippen LogP contribution in [0.25, 0.3) is 0 Å². The number of rotatable bonds is 2. The molecule has 16 heavy (non-hydrogen) atoms. The van der Waals surface area contributed by atoms with Crippen molar-refractivity contribution in [1.82, 2.24) is 5.32 Å². The van der Waals surface area contributed by atoms with Crippen LogP contribution in [0.1, 0.15) is 19.3 Å². The van der Waals surface area contributed by atoms with Gasteiger partial charge < -0.3 is 10.6 Å². The third-order valence-electron chi connectivity index (χ3n) is 2.76. The van der Waals surface area contributed by atoms with Crippen molar-refractivity contribution in [3.63, 3.8) is 0 Å². The van der Waals surface area contributed by atoms with Gasteiger partial charge in [0.2, 0.25) is 5.91 Å². The maximum atomic E-state index is 11.9. The Morgan fingerprint density at radius 2 is 2.19 bits per heavy atom. The van der Waals surface area contributed by atoms with Crippen LogP contribution in [0, 0.1) is 0 Å². The molecule has 4 heteroatoms. The minimum atomic E-state index is -0.0409. The van der Waals surface area contributed by atoms with Crippen LogP contribution >= 0.6 is 15.9 Å². The lowest BCUT2D eigenvalue weighted by molar-refractivity contribution is -0.118. The first kappa shape index (κ1) is 11.6. The largest absolute Gasteiger partial charge is 0.324 e. The summed E-state index contributed by atoms with van der Waals surface area (Å²) in [5, 5.41) is 6.16. The predicted molar refractivity (Wildman–Crippen MR) is 68.4 cm³/mol. The van der Waals surface area contributed by atoms with Crippen LogP contribution in [0.2, 0.25) is 0 Å². The molecule has 2 rings (SSSR count). The third kappa shape index (κ3) is 2.83. The maximum Gasteiger partial charge on any atom is 0.241 e. The van der Waals surface area contributed by atoms with Crippen LogP contribution in [0.5, 0.6) is 0 Å². The van der Waals surface area contributed by atoms with Gasteiger partial charge >= 0.3 is 0 Å². The third-order valence-corrected chi connectivity index (χ3v) is 3.45. The van der Waals surface area contributed by atoms with Crippen LogP contribution in [-0.4, -0.2) is 18.5 Å². The molecule has 1 fully saturated rings. The fourth-order valence-electron chi connectivity index (χ4n) is 1.86. The van der Waals surface area contributed by atoms with Crippen molar-refractivity contribution < 1.29 is 4.79 Å². The fourth-order valence-corrected chi connectivity index (χ4v) is 2.24. The number of carbonyl (C=O) groups excluding carboxylic acids is 1. The summed E-state index contributed by atoms with van der Waals surface area (Å²) in [4.78, 5) is 11.9. The van der Waals surface area contributed by atoms with E-state index in [0.29, 0.717) is 0 Å². The monoisotopic (exact) mass is 282 g/mol. The van der Waals surface area contributed by atoms with Gasteiger partial charge in [0.25, 0.3) is 0 Å². The molecule has 3 nitrogen and oxygen atoms in total. The quantitative estimate of drug-likeness (QED) is 0.875. The Labute approximate surface area is 104 Å². The topological polar surface area (TPSA) is 41.1 Å². The molecule has 0 bridgehead atoms. The zero-order valence-electron chi connectivity index (χ0n) is 9.00. The van der Waals surface area contributed by atoms with Gasteiger partial charge in [-0.1, -0.05) is 18.6 Å². The average molecular weight is 283 g/mol. The van der Waals surface area contributed by atoms with Gasteiger partial charge in [-0.05, 0) is 47.4 Å². The van der Waals surface area contributed by atoms with Crippen molar-refractivity contribution in [3.8, 4) is 0 Å². The molecular formula is C12H15BrN2O. The second kappa shape index (κ2) is 5.46. The Morgan fingerprint density at radius 1 is 1.38 bits per heavy atom. The van der Waals surface area contributed by atoms with E-state index in [1.54, 1.807) is 0 Å². The van der Waals surface area contributed by atoms with E-state index in [1.165, 1.54) is 6.42 Å². The first-order chi connectivity index (χ1) is 7.77. The van der Waals surface area contributed by atoms with Crippen molar-refractivity contribution in [3.05, 3.63) is 28.7 Å². The van der Waals surface area contributed by atoms with E-state index in [0.717, 1.165) is 29.5 Å². The summed E-state index contributed by atoms with van der Waals surface area (Å²) in [6, 6.07) is 7.61. The van der Waals surface area contributed by atoms with E-state index in [2.05, 4.69) is 26.6 Å².